The second-order valence-corrected chi connectivity index (χ2v) is 9.09. The van der Waals surface area contributed by atoms with Crippen LogP contribution >= 0.6 is 0 Å². The van der Waals surface area contributed by atoms with Gasteiger partial charge >= 0.3 is 0 Å². The normalized spacial score (nSPS) is 17.6. The van der Waals surface area contributed by atoms with Crippen molar-refractivity contribution in [2.75, 3.05) is 0 Å². The Kier molecular flexibility index (Phi) is 7.16. The van der Waals surface area contributed by atoms with E-state index in [1.165, 1.54) is 6.92 Å². The number of benzene rings is 3. The molecule has 0 amide bonds. The van der Waals surface area contributed by atoms with Crippen LogP contribution in [0.1, 0.15) is 57.4 Å². The smallest absolute Gasteiger partial charge is 0.242 e. The first kappa shape index (κ1) is 23.7. The van der Waals surface area contributed by atoms with Gasteiger partial charge in [0.25, 0.3) is 0 Å². The zero-order chi connectivity index (χ0) is 24.2. The van der Waals surface area contributed by atoms with Crippen LogP contribution in [0.4, 0.5) is 8.78 Å². The SMILES string of the molecule is CC(=O)Cc1ccccc1C(=O)C1C=C(c2ccc(C)cc2)CC1c1ccccc1CC(F)F. The highest BCUT2D eigenvalue weighted by Crippen LogP contribution is 2.45. The summed E-state index contributed by atoms with van der Waals surface area (Å²) in [6, 6.07) is 22.6. The van der Waals surface area contributed by atoms with E-state index in [1.807, 2.05) is 61.5 Å². The van der Waals surface area contributed by atoms with Crippen LogP contribution in [0.2, 0.25) is 0 Å². The molecule has 2 unspecified atom stereocenters. The minimum atomic E-state index is -2.46. The topological polar surface area (TPSA) is 34.1 Å². The molecule has 1 aliphatic rings. The average molecular weight is 459 g/mol. The number of carbonyl (C=O) groups excluding carboxylic acids is 2. The number of Topliss-reactive ketones (excluding diaryl/α,β-unsaturated/α-hetero) is 2. The molecule has 4 rings (SSSR count). The molecule has 0 bridgehead atoms. The van der Waals surface area contributed by atoms with Crippen molar-refractivity contribution in [3.05, 3.63) is 112 Å². The predicted molar refractivity (Wildman–Crippen MR) is 131 cm³/mol. The van der Waals surface area contributed by atoms with Crippen molar-refractivity contribution in [3.8, 4) is 0 Å². The highest BCUT2D eigenvalue weighted by atomic mass is 19.3. The van der Waals surface area contributed by atoms with E-state index in [9.17, 15) is 18.4 Å². The van der Waals surface area contributed by atoms with Crippen molar-refractivity contribution in [3.63, 3.8) is 0 Å². The number of ketones is 2. The summed E-state index contributed by atoms with van der Waals surface area (Å²) in [7, 11) is 0. The van der Waals surface area contributed by atoms with Crippen molar-refractivity contribution >= 4 is 17.1 Å². The van der Waals surface area contributed by atoms with Gasteiger partial charge in [-0.15, -0.1) is 0 Å². The Balaban J connectivity index is 1.78. The summed E-state index contributed by atoms with van der Waals surface area (Å²) in [6.07, 6.45) is -0.0160. The molecule has 0 aliphatic heterocycles. The van der Waals surface area contributed by atoms with Gasteiger partial charge in [-0.3, -0.25) is 9.59 Å². The molecule has 0 fully saturated rings. The standard InChI is InChI=1S/C30H28F2O2/c1-19-11-13-21(14-12-19)24-16-27(25-9-5-3-8-23(25)18-29(31)32)28(17-24)30(34)26-10-6-4-7-22(26)15-20(2)33/h3-14,17,27-29H,15-16,18H2,1-2H3. The van der Waals surface area contributed by atoms with Crippen molar-refractivity contribution in [1.29, 1.82) is 0 Å². The van der Waals surface area contributed by atoms with Crippen molar-refractivity contribution in [2.45, 2.75) is 45.5 Å². The van der Waals surface area contributed by atoms with E-state index in [0.717, 1.165) is 22.3 Å². The number of aryl methyl sites for hydroxylation is 1. The van der Waals surface area contributed by atoms with E-state index in [2.05, 4.69) is 0 Å². The highest BCUT2D eigenvalue weighted by molar-refractivity contribution is 6.03. The van der Waals surface area contributed by atoms with Gasteiger partial charge in [0.1, 0.15) is 5.78 Å². The first-order valence-corrected chi connectivity index (χ1v) is 11.6. The summed E-state index contributed by atoms with van der Waals surface area (Å²) in [5.74, 6) is -0.829. The Hall–Kier alpha value is -3.40. The average Bonchev–Trinajstić information content (AvgIpc) is 3.24. The lowest BCUT2D eigenvalue weighted by Crippen LogP contribution is -2.21. The fourth-order valence-corrected chi connectivity index (χ4v) is 4.92. The molecule has 2 nitrogen and oxygen atoms in total. The summed E-state index contributed by atoms with van der Waals surface area (Å²) < 4.78 is 26.7. The maximum Gasteiger partial charge on any atom is 0.242 e. The van der Waals surface area contributed by atoms with Gasteiger partial charge in [0.2, 0.25) is 6.43 Å². The first-order chi connectivity index (χ1) is 16.3. The van der Waals surface area contributed by atoms with Crippen LogP contribution in [0, 0.1) is 12.8 Å². The third-order valence-electron chi connectivity index (χ3n) is 6.53. The van der Waals surface area contributed by atoms with E-state index in [4.69, 9.17) is 0 Å². The lowest BCUT2D eigenvalue weighted by atomic mass is 9.80. The molecule has 0 N–H and O–H groups in total. The van der Waals surface area contributed by atoms with Gasteiger partial charge in [0.05, 0.1) is 0 Å². The quantitative estimate of drug-likeness (QED) is 0.341. The number of allylic oxidation sites excluding steroid dienone is 2. The van der Waals surface area contributed by atoms with Gasteiger partial charge in [-0.25, -0.2) is 8.78 Å². The molecule has 0 radical (unpaired) electrons. The molecular weight excluding hydrogens is 430 g/mol. The van der Waals surface area contributed by atoms with Gasteiger partial charge in [-0.2, -0.15) is 0 Å². The van der Waals surface area contributed by atoms with Gasteiger partial charge < -0.3 is 0 Å². The molecule has 0 saturated carbocycles. The number of hydrogen-bond donors (Lipinski definition) is 0. The summed E-state index contributed by atoms with van der Waals surface area (Å²) in [4.78, 5) is 25.7. The molecule has 174 valence electrons. The molecule has 3 aromatic rings. The zero-order valence-electron chi connectivity index (χ0n) is 19.4. The second-order valence-electron chi connectivity index (χ2n) is 9.09. The number of halogens is 2. The van der Waals surface area contributed by atoms with Crippen LogP contribution in [0.3, 0.4) is 0 Å². The molecule has 4 heteroatoms. The van der Waals surface area contributed by atoms with E-state index < -0.39 is 12.3 Å². The van der Waals surface area contributed by atoms with Crippen LogP contribution < -0.4 is 0 Å². The Labute approximate surface area is 199 Å². The van der Waals surface area contributed by atoms with Crippen LogP contribution in [0.5, 0.6) is 0 Å². The summed E-state index contributed by atoms with van der Waals surface area (Å²) >= 11 is 0. The largest absolute Gasteiger partial charge is 0.300 e. The predicted octanol–water partition coefficient (Wildman–Crippen LogP) is 7.00. The molecule has 0 aromatic heterocycles. The maximum atomic E-state index is 13.9. The van der Waals surface area contributed by atoms with Crippen LogP contribution in [-0.2, 0) is 17.6 Å². The Bertz CT molecular complexity index is 1220. The summed E-state index contributed by atoms with van der Waals surface area (Å²) in [6.45, 7) is 3.53. The van der Waals surface area contributed by atoms with E-state index in [1.54, 1.807) is 24.3 Å². The van der Waals surface area contributed by atoms with Crippen molar-refractivity contribution in [1.82, 2.24) is 0 Å². The molecule has 1 aliphatic carbocycles. The van der Waals surface area contributed by atoms with E-state index in [-0.39, 0.29) is 30.3 Å². The Morgan fingerprint density at radius 3 is 2.24 bits per heavy atom. The molecule has 0 spiro atoms. The monoisotopic (exact) mass is 458 g/mol. The lowest BCUT2D eigenvalue weighted by molar-refractivity contribution is -0.116. The van der Waals surface area contributed by atoms with Crippen LogP contribution in [0.15, 0.2) is 78.9 Å². The van der Waals surface area contributed by atoms with Gasteiger partial charge in [0.15, 0.2) is 5.78 Å². The third kappa shape index (κ3) is 5.22. The molecule has 3 aromatic carbocycles. The molecular formula is C30H28F2O2. The summed E-state index contributed by atoms with van der Waals surface area (Å²) in [5, 5.41) is 0. The maximum absolute atomic E-state index is 13.9. The van der Waals surface area contributed by atoms with Gasteiger partial charge in [-0.1, -0.05) is 84.4 Å². The molecule has 34 heavy (non-hydrogen) atoms. The number of carbonyl (C=O) groups is 2. The van der Waals surface area contributed by atoms with Crippen molar-refractivity contribution in [2.24, 2.45) is 5.92 Å². The Morgan fingerprint density at radius 1 is 0.912 bits per heavy atom. The number of hydrogen-bond acceptors (Lipinski definition) is 2. The van der Waals surface area contributed by atoms with Crippen LogP contribution in [-0.4, -0.2) is 18.0 Å². The highest BCUT2D eigenvalue weighted by Gasteiger charge is 2.36. The lowest BCUT2D eigenvalue weighted by Gasteiger charge is -2.23. The number of alkyl halides is 2. The molecule has 2 atom stereocenters. The molecule has 0 saturated heterocycles. The second kappa shape index (κ2) is 10.3. The fourth-order valence-electron chi connectivity index (χ4n) is 4.92. The first-order valence-electron chi connectivity index (χ1n) is 11.6. The minimum Gasteiger partial charge on any atom is -0.300 e. The minimum absolute atomic E-state index is 0.0126. The van der Waals surface area contributed by atoms with Gasteiger partial charge in [0, 0.05) is 30.2 Å². The fraction of sp³-hybridized carbons (Fsp3) is 0.267. The van der Waals surface area contributed by atoms with Gasteiger partial charge in [-0.05, 0) is 48.1 Å². The van der Waals surface area contributed by atoms with E-state index in [0.29, 0.717) is 23.1 Å². The number of rotatable bonds is 8. The molecule has 0 heterocycles. The third-order valence-corrected chi connectivity index (χ3v) is 6.53. The Morgan fingerprint density at radius 2 is 1.56 bits per heavy atom. The van der Waals surface area contributed by atoms with Crippen LogP contribution in [0.25, 0.3) is 5.57 Å². The summed E-state index contributed by atoms with van der Waals surface area (Å²) in [5.41, 5.74) is 5.83. The zero-order valence-corrected chi connectivity index (χ0v) is 19.4. The van der Waals surface area contributed by atoms with E-state index >= 15 is 0 Å². The van der Waals surface area contributed by atoms with Crippen molar-refractivity contribution < 1.29 is 18.4 Å².